The fourth-order valence-corrected chi connectivity index (χ4v) is 3.98. The standard InChI is InChI=1S/C18H19ClN4O4S/c1-21-15-8-7-13(10-16(15)22(2)18(21)25)20-17(24)11-23(28(3,26)27)14-6-4-5-12(19)9-14/h4-10H,11H2,1-3H3,(H,20,24). The van der Waals surface area contributed by atoms with Crippen LogP contribution in [0.2, 0.25) is 5.02 Å². The van der Waals surface area contributed by atoms with Gasteiger partial charge < -0.3 is 5.32 Å². The zero-order chi connectivity index (χ0) is 20.6. The molecule has 0 fully saturated rings. The average Bonchev–Trinajstić information content (AvgIpc) is 2.83. The molecule has 0 unspecified atom stereocenters. The Morgan fingerprint density at radius 3 is 2.43 bits per heavy atom. The molecule has 8 nitrogen and oxygen atoms in total. The maximum Gasteiger partial charge on any atom is 0.328 e. The largest absolute Gasteiger partial charge is 0.328 e. The molecule has 0 aliphatic heterocycles. The second kappa shape index (κ2) is 7.33. The number of hydrogen-bond donors (Lipinski definition) is 1. The lowest BCUT2D eigenvalue weighted by Crippen LogP contribution is -2.37. The highest BCUT2D eigenvalue weighted by Gasteiger charge is 2.21. The minimum absolute atomic E-state index is 0.178. The van der Waals surface area contributed by atoms with Gasteiger partial charge in [0, 0.05) is 24.8 Å². The maximum absolute atomic E-state index is 12.5. The van der Waals surface area contributed by atoms with Crippen LogP contribution in [0, 0.1) is 0 Å². The summed E-state index contributed by atoms with van der Waals surface area (Å²) in [5.41, 5.74) is 1.95. The molecule has 0 saturated heterocycles. The van der Waals surface area contributed by atoms with Crippen molar-refractivity contribution in [1.82, 2.24) is 9.13 Å². The van der Waals surface area contributed by atoms with Gasteiger partial charge >= 0.3 is 5.69 Å². The van der Waals surface area contributed by atoms with Gasteiger partial charge in [-0.2, -0.15) is 0 Å². The predicted molar refractivity (Wildman–Crippen MR) is 110 cm³/mol. The fourth-order valence-electron chi connectivity index (χ4n) is 2.95. The van der Waals surface area contributed by atoms with Crippen LogP contribution in [0.25, 0.3) is 11.0 Å². The van der Waals surface area contributed by atoms with Crippen molar-refractivity contribution in [2.75, 3.05) is 22.4 Å². The number of hydrogen-bond acceptors (Lipinski definition) is 4. The van der Waals surface area contributed by atoms with E-state index in [1.165, 1.54) is 15.2 Å². The highest BCUT2D eigenvalue weighted by molar-refractivity contribution is 7.92. The molecule has 10 heteroatoms. The number of amides is 1. The number of halogens is 1. The molecule has 0 radical (unpaired) electrons. The number of nitrogens with one attached hydrogen (secondary N) is 1. The van der Waals surface area contributed by atoms with Crippen LogP contribution in [0.15, 0.2) is 47.3 Å². The Bertz CT molecular complexity index is 1230. The van der Waals surface area contributed by atoms with Gasteiger partial charge in [-0.1, -0.05) is 17.7 Å². The van der Waals surface area contributed by atoms with Crippen molar-refractivity contribution in [2.45, 2.75) is 0 Å². The van der Waals surface area contributed by atoms with Crippen molar-refractivity contribution in [3.8, 4) is 0 Å². The van der Waals surface area contributed by atoms with Gasteiger partial charge in [0.2, 0.25) is 15.9 Å². The second-order valence-corrected chi connectivity index (χ2v) is 8.75. The van der Waals surface area contributed by atoms with Crippen LogP contribution in [-0.4, -0.2) is 36.3 Å². The number of rotatable bonds is 5. The summed E-state index contributed by atoms with van der Waals surface area (Å²) in [4.78, 5) is 24.5. The van der Waals surface area contributed by atoms with Crippen LogP contribution < -0.4 is 15.3 Å². The van der Waals surface area contributed by atoms with E-state index in [1.807, 2.05) is 0 Å². The SMILES string of the molecule is Cn1c(=O)n(C)c2cc(NC(=O)CN(c3cccc(Cl)c3)S(C)(=O)=O)ccc21. The molecule has 0 spiro atoms. The van der Waals surface area contributed by atoms with Crippen molar-refractivity contribution in [3.63, 3.8) is 0 Å². The lowest BCUT2D eigenvalue weighted by Gasteiger charge is -2.22. The van der Waals surface area contributed by atoms with E-state index in [-0.39, 0.29) is 5.69 Å². The molecule has 28 heavy (non-hydrogen) atoms. The quantitative estimate of drug-likeness (QED) is 0.679. The Balaban J connectivity index is 1.86. The molecule has 0 aliphatic rings. The first kappa shape index (κ1) is 20.0. The third-order valence-electron chi connectivity index (χ3n) is 4.34. The number of carbonyl (C=O) groups is 1. The number of imidazole rings is 1. The molecular formula is C18H19ClN4O4S. The van der Waals surface area contributed by atoms with E-state index >= 15 is 0 Å². The Morgan fingerprint density at radius 1 is 1.11 bits per heavy atom. The lowest BCUT2D eigenvalue weighted by atomic mass is 10.2. The van der Waals surface area contributed by atoms with Crippen LogP contribution in [-0.2, 0) is 28.9 Å². The van der Waals surface area contributed by atoms with Gasteiger partial charge in [-0.3, -0.25) is 18.2 Å². The predicted octanol–water partition coefficient (Wildman–Crippen LogP) is 1.94. The third kappa shape index (κ3) is 3.90. The van der Waals surface area contributed by atoms with Gasteiger partial charge in [-0.15, -0.1) is 0 Å². The van der Waals surface area contributed by atoms with Gasteiger partial charge in [-0.25, -0.2) is 13.2 Å². The van der Waals surface area contributed by atoms with Crippen LogP contribution >= 0.6 is 11.6 Å². The molecule has 0 aliphatic carbocycles. The highest BCUT2D eigenvalue weighted by Crippen LogP contribution is 2.22. The van der Waals surface area contributed by atoms with Gasteiger partial charge in [0.1, 0.15) is 6.54 Å². The third-order valence-corrected chi connectivity index (χ3v) is 5.72. The summed E-state index contributed by atoms with van der Waals surface area (Å²) < 4.78 is 28.3. The molecule has 3 aromatic rings. The van der Waals surface area contributed by atoms with Gasteiger partial charge in [0.15, 0.2) is 0 Å². The molecule has 2 aromatic carbocycles. The van der Waals surface area contributed by atoms with Crippen LogP contribution in [0.3, 0.4) is 0 Å². The number of aryl methyl sites for hydroxylation is 2. The summed E-state index contributed by atoms with van der Waals surface area (Å²) in [6.45, 7) is -0.412. The number of fused-ring (bicyclic) bond motifs is 1. The van der Waals surface area contributed by atoms with Gasteiger partial charge in [0.25, 0.3) is 0 Å². The summed E-state index contributed by atoms with van der Waals surface area (Å²) in [7, 11) is -0.396. The molecule has 0 saturated carbocycles. The van der Waals surface area contributed by atoms with Crippen molar-refractivity contribution in [2.24, 2.45) is 14.1 Å². The summed E-state index contributed by atoms with van der Waals surface area (Å²) in [5, 5.41) is 3.04. The second-order valence-electron chi connectivity index (χ2n) is 6.40. The molecule has 1 heterocycles. The first-order valence-corrected chi connectivity index (χ1v) is 10.5. The zero-order valence-electron chi connectivity index (χ0n) is 15.5. The molecule has 0 bridgehead atoms. The maximum atomic E-state index is 12.5. The summed E-state index contributed by atoms with van der Waals surface area (Å²) in [6, 6.07) is 11.3. The number of anilines is 2. The number of sulfonamides is 1. The van der Waals surface area contributed by atoms with E-state index in [9.17, 15) is 18.0 Å². The van der Waals surface area contributed by atoms with Crippen molar-refractivity contribution in [3.05, 3.63) is 58.0 Å². The number of nitrogens with zero attached hydrogens (tertiary/aromatic N) is 3. The van der Waals surface area contributed by atoms with Crippen molar-refractivity contribution in [1.29, 1.82) is 0 Å². The summed E-state index contributed by atoms with van der Waals surface area (Å²) in [6.07, 6.45) is 1.02. The number of aromatic nitrogens is 2. The van der Waals surface area contributed by atoms with E-state index < -0.39 is 22.5 Å². The number of benzene rings is 2. The van der Waals surface area contributed by atoms with Crippen LogP contribution in [0.5, 0.6) is 0 Å². The lowest BCUT2D eigenvalue weighted by molar-refractivity contribution is -0.114. The summed E-state index contributed by atoms with van der Waals surface area (Å²) >= 11 is 5.94. The average molecular weight is 423 g/mol. The topological polar surface area (TPSA) is 93.4 Å². The summed E-state index contributed by atoms with van der Waals surface area (Å²) in [5.74, 6) is -0.523. The Morgan fingerprint density at radius 2 is 1.79 bits per heavy atom. The van der Waals surface area contributed by atoms with E-state index in [0.29, 0.717) is 21.9 Å². The molecule has 148 valence electrons. The molecule has 0 atom stereocenters. The highest BCUT2D eigenvalue weighted by atomic mass is 35.5. The monoisotopic (exact) mass is 422 g/mol. The minimum atomic E-state index is -3.70. The van der Waals surface area contributed by atoms with E-state index in [2.05, 4.69) is 5.32 Å². The first-order chi connectivity index (χ1) is 13.1. The Kier molecular flexibility index (Phi) is 5.22. The van der Waals surface area contributed by atoms with E-state index in [4.69, 9.17) is 11.6 Å². The van der Waals surface area contributed by atoms with Gasteiger partial charge in [0.05, 0.1) is 23.0 Å². The molecule has 1 N–H and O–H groups in total. The zero-order valence-corrected chi connectivity index (χ0v) is 17.1. The van der Waals surface area contributed by atoms with Crippen molar-refractivity contribution < 1.29 is 13.2 Å². The molecule has 1 amide bonds. The Hall–Kier alpha value is -2.78. The molecule has 3 rings (SSSR count). The van der Waals surface area contributed by atoms with E-state index in [1.54, 1.807) is 50.5 Å². The molecule has 1 aromatic heterocycles. The van der Waals surface area contributed by atoms with Crippen LogP contribution in [0.1, 0.15) is 0 Å². The van der Waals surface area contributed by atoms with Crippen LogP contribution in [0.4, 0.5) is 11.4 Å². The van der Waals surface area contributed by atoms with Gasteiger partial charge in [-0.05, 0) is 36.4 Å². The fraction of sp³-hybridized carbons (Fsp3) is 0.222. The first-order valence-electron chi connectivity index (χ1n) is 8.26. The smallest absolute Gasteiger partial charge is 0.324 e. The minimum Gasteiger partial charge on any atom is -0.324 e. The van der Waals surface area contributed by atoms with E-state index in [0.717, 1.165) is 16.1 Å². The Labute approximate surface area is 167 Å². The number of carbonyl (C=O) groups excluding carboxylic acids is 1. The normalized spacial score (nSPS) is 11.6. The molecular weight excluding hydrogens is 404 g/mol. The van der Waals surface area contributed by atoms with Crippen molar-refractivity contribution >= 4 is 49.9 Å².